The van der Waals surface area contributed by atoms with Crippen molar-refractivity contribution in [2.45, 2.75) is 44.9 Å². The van der Waals surface area contributed by atoms with Crippen LogP contribution in [0.4, 0.5) is 0 Å². The number of aliphatic hydroxyl groups excluding tert-OH is 1. The summed E-state index contributed by atoms with van der Waals surface area (Å²) in [7, 11) is 0. The van der Waals surface area contributed by atoms with Gasteiger partial charge < -0.3 is 10.0 Å². The van der Waals surface area contributed by atoms with E-state index in [4.69, 9.17) is 0 Å². The van der Waals surface area contributed by atoms with Gasteiger partial charge in [-0.2, -0.15) is 0 Å². The van der Waals surface area contributed by atoms with Crippen LogP contribution in [0.15, 0.2) is 30.3 Å². The van der Waals surface area contributed by atoms with Crippen LogP contribution in [0.1, 0.15) is 45.1 Å². The maximum atomic E-state index is 9.91. The van der Waals surface area contributed by atoms with Crippen LogP contribution in [-0.2, 0) is 5.41 Å². The second kappa shape index (κ2) is 7.24. The first-order valence-corrected chi connectivity index (χ1v) is 8.06. The predicted molar refractivity (Wildman–Crippen MR) is 85.0 cm³/mol. The number of rotatable bonds is 5. The molecule has 2 heteroatoms. The van der Waals surface area contributed by atoms with E-state index in [-0.39, 0.29) is 12.0 Å². The number of hydrogen-bond donors (Lipinski definition) is 1. The largest absolute Gasteiger partial charge is 0.395 e. The summed E-state index contributed by atoms with van der Waals surface area (Å²) in [6.07, 6.45) is 5.29. The van der Waals surface area contributed by atoms with Crippen LogP contribution in [-0.4, -0.2) is 36.2 Å². The minimum Gasteiger partial charge on any atom is -0.395 e. The summed E-state index contributed by atoms with van der Waals surface area (Å²) in [5, 5.41) is 9.91. The van der Waals surface area contributed by atoms with Crippen LogP contribution >= 0.6 is 0 Å². The van der Waals surface area contributed by atoms with Crippen LogP contribution in [0.3, 0.4) is 0 Å². The Balaban J connectivity index is 2.02. The highest BCUT2D eigenvalue weighted by atomic mass is 16.3. The first-order chi connectivity index (χ1) is 9.68. The molecule has 2 nitrogen and oxygen atoms in total. The van der Waals surface area contributed by atoms with Gasteiger partial charge in [0.1, 0.15) is 0 Å². The van der Waals surface area contributed by atoms with Crippen LogP contribution in [0.2, 0.25) is 0 Å². The van der Waals surface area contributed by atoms with Gasteiger partial charge in [0.15, 0.2) is 0 Å². The number of likely N-dealkylation sites (tertiary alicyclic amines) is 1. The molecule has 0 saturated carbocycles. The van der Waals surface area contributed by atoms with Crippen molar-refractivity contribution in [3.63, 3.8) is 0 Å². The molecule has 1 saturated heterocycles. The third kappa shape index (κ3) is 3.83. The second-order valence-electron chi connectivity index (χ2n) is 6.57. The Labute approximate surface area is 123 Å². The van der Waals surface area contributed by atoms with E-state index in [1.165, 1.54) is 44.3 Å². The average molecular weight is 275 g/mol. The van der Waals surface area contributed by atoms with E-state index < -0.39 is 0 Å². The smallest absolute Gasteiger partial charge is 0.0537 e. The van der Waals surface area contributed by atoms with E-state index in [2.05, 4.69) is 43.0 Å². The minimum absolute atomic E-state index is 0.146. The van der Waals surface area contributed by atoms with Crippen molar-refractivity contribution >= 4 is 0 Å². The van der Waals surface area contributed by atoms with Crippen molar-refractivity contribution < 1.29 is 5.11 Å². The van der Waals surface area contributed by atoms with E-state index >= 15 is 0 Å². The molecular weight excluding hydrogens is 246 g/mol. The average Bonchev–Trinajstić information content (AvgIpc) is 2.73. The molecular formula is C18H29NO. The third-order valence-electron chi connectivity index (χ3n) is 4.91. The van der Waals surface area contributed by atoms with E-state index in [0.717, 1.165) is 12.5 Å². The van der Waals surface area contributed by atoms with Gasteiger partial charge in [-0.3, -0.25) is 0 Å². The highest BCUT2D eigenvalue weighted by Gasteiger charge is 2.29. The number of aliphatic hydroxyl groups is 1. The van der Waals surface area contributed by atoms with Crippen LogP contribution < -0.4 is 0 Å². The minimum atomic E-state index is -0.146. The number of nitrogens with zero attached hydrogens (tertiary/aromatic N) is 1. The highest BCUT2D eigenvalue weighted by molar-refractivity contribution is 5.25. The van der Waals surface area contributed by atoms with Gasteiger partial charge in [0.25, 0.3) is 0 Å². The topological polar surface area (TPSA) is 23.5 Å². The molecule has 2 rings (SSSR count). The third-order valence-corrected chi connectivity index (χ3v) is 4.91. The lowest BCUT2D eigenvalue weighted by atomic mass is 9.82. The van der Waals surface area contributed by atoms with E-state index in [0.29, 0.717) is 0 Å². The molecule has 1 heterocycles. The molecule has 0 amide bonds. The molecule has 0 spiro atoms. The molecule has 1 fully saturated rings. The summed E-state index contributed by atoms with van der Waals surface area (Å²) in [6, 6.07) is 10.5. The van der Waals surface area contributed by atoms with Crippen LogP contribution in [0, 0.1) is 5.92 Å². The lowest BCUT2D eigenvalue weighted by Crippen LogP contribution is -2.42. The zero-order valence-corrected chi connectivity index (χ0v) is 13.0. The Morgan fingerprint density at radius 1 is 1.20 bits per heavy atom. The summed E-state index contributed by atoms with van der Waals surface area (Å²) >= 11 is 0. The van der Waals surface area contributed by atoms with Gasteiger partial charge in [0.2, 0.25) is 0 Å². The quantitative estimate of drug-likeness (QED) is 0.889. The SMILES string of the molecule is CCC1CCCN(CC(C)(CO)c2ccccc2)CC1. The summed E-state index contributed by atoms with van der Waals surface area (Å²) in [6.45, 7) is 8.03. The van der Waals surface area contributed by atoms with Gasteiger partial charge in [-0.15, -0.1) is 0 Å². The molecule has 20 heavy (non-hydrogen) atoms. The maximum absolute atomic E-state index is 9.91. The number of hydrogen-bond acceptors (Lipinski definition) is 2. The molecule has 1 aliphatic rings. The Bertz CT molecular complexity index is 392. The van der Waals surface area contributed by atoms with Crippen molar-refractivity contribution in [2.75, 3.05) is 26.2 Å². The molecule has 112 valence electrons. The maximum Gasteiger partial charge on any atom is 0.0537 e. The first-order valence-electron chi connectivity index (χ1n) is 8.06. The summed E-state index contributed by atoms with van der Waals surface area (Å²) < 4.78 is 0. The molecule has 1 aromatic rings. The fourth-order valence-corrected chi connectivity index (χ4v) is 3.36. The summed E-state index contributed by atoms with van der Waals surface area (Å²) in [4.78, 5) is 2.55. The lowest BCUT2D eigenvalue weighted by molar-refractivity contribution is 0.145. The van der Waals surface area contributed by atoms with E-state index in [1.54, 1.807) is 0 Å². The van der Waals surface area contributed by atoms with Crippen molar-refractivity contribution in [1.82, 2.24) is 4.90 Å². The fraction of sp³-hybridized carbons (Fsp3) is 0.667. The first kappa shape index (κ1) is 15.5. The van der Waals surface area contributed by atoms with Gasteiger partial charge >= 0.3 is 0 Å². The van der Waals surface area contributed by atoms with Crippen molar-refractivity contribution in [1.29, 1.82) is 0 Å². The van der Waals surface area contributed by atoms with Gasteiger partial charge in [0.05, 0.1) is 6.61 Å². The Morgan fingerprint density at radius 2 is 1.95 bits per heavy atom. The molecule has 0 bridgehead atoms. The zero-order valence-electron chi connectivity index (χ0n) is 13.0. The Morgan fingerprint density at radius 3 is 2.60 bits per heavy atom. The zero-order chi connectivity index (χ0) is 14.4. The van der Waals surface area contributed by atoms with Crippen molar-refractivity contribution in [3.8, 4) is 0 Å². The van der Waals surface area contributed by atoms with E-state index in [9.17, 15) is 5.11 Å². The number of benzene rings is 1. The monoisotopic (exact) mass is 275 g/mol. The highest BCUT2D eigenvalue weighted by Crippen LogP contribution is 2.27. The molecule has 0 aliphatic carbocycles. The Kier molecular flexibility index (Phi) is 5.62. The fourth-order valence-electron chi connectivity index (χ4n) is 3.36. The molecule has 1 aromatic carbocycles. The standard InChI is InChI=1S/C18H29NO/c1-3-16-8-7-12-19(13-11-16)14-18(2,15-20)17-9-5-4-6-10-17/h4-6,9-10,16,20H,3,7-8,11-15H2,1-2H3. The summed E-state index contributed by atoms with van der Waals surface area (Å²) in [5.74, 6) is 0.900. The summed E-state index contributed by atoms with van der Waals surface area (Å²) in [5.41, 5.74) is 1.10. The molecule has 2 unspecified atom stereocenters. The predicted octanol–water partition coefficient (Wildman–Crippen LogP) is 3.45. The van der Waals surface area contributed by atoms with E-state index in [1.807, 2.05) is 6.07 Å². The van der Waals surface area contributed by atoms with Crippen molar-refractivity contribution in [2.24, 2.45) is 5.92 Å². The van der Waals surface area contributed by atoms with Gasteiger partial charge in [0, 0.05) is 12.0 Å². The lowest BCUT2D eigenvalue weighted by Gasteiger charge is -2.34. The van der Waals surface area contributed by atoms with Gasteiger partial charge in [-0.25, -0.2) is 0 Å². The van der Waals surface area contributed by atoms with Crippen LogP contribution in [0.25, 0.3) is 0 Å². The van der Waals surface area contributed by atoms with Gasteiger partial charge in [-0.05, 0) is 43.8 Å². The normalized spacial score (nSPS) is 24.1. The van der Waals surface area contributed by atoms with Crippen LogP contribution in [0.5, 0.6) is 0 Å². The molecule has 1 aliphatic heterocycles. The van der Waals surface area contributed by atoms with Crippen molar-refractivity contribution in [3.05, 3.63) is 35.9 Å². The second-order valence-corrected chi connectivity index (χ2v) is 6.57. The molecule has 2 atom stereocenters. The molecule has 0 aromatic heterocycles. The molecule has 1 N–H and O–H groups in total. The van der Waals surface area contributed by atoms with Gasteiger partial charge in [-0.1, -0.05) is 50.6 Å². The Hall–Kier alpha value is -0.860. The molecule has 0 radical (unpaired) electrons.